The topological polar surface area (TPSA) is 81.5 Å². The summed E-state index contributed by atoms with van der Waals surface area (Å²) in [6, 6.07) is 16.0. The third-order valence-electron chi connectivity index (χ3n) is 5.95. The Morgan fingerprint density at radius 3 is 2.73 bits per heavy atom. The van der Waals surface area contributed by atoms with Gasteiger partial charge in [0.05, 0.1) is 36.5 Å². The maximum absolute atomic E-state index is 9.06. The summed E-state index contributed by atoms with van der Waals surface area (Å²) in [5, 5.41) is 13.8. The molecule has 0 bridgehead atoms. The van der Waals surface area contributed by atoms with Gasteiger partial charge >= 0.3 is 0 Å². The van der Waals surface area contributed by atoms with Gasteiger partial charge in [0.1, 0.15) is 11.6 Å². The van der Waals surface area contributed by atoms with E-state index in [4.69, 9.17) is 20.1 Å². The Labute approximate surface area is 192 Å². The molecule has 0 saturated carbocycles. The lowest BCUT2D eigenvalue weighted by Crippen LogP contribution is -2.17. The summed E-state index contributed by atoms with van der Waals surface area (Å²) in [5.74, 6) is 2.64. The molecule has 0 spiro atoms. The molecule has 1 atom stereocenters. The fourth-order valence-electron chi connectivity index (χ4n) is 4.28. The van der Waals surface area contributed by atoms with Crippen molar-refractivity contribution < 1.29 is 4.74 Å². The summed E-state index contributed by atoms with van der Waals surface area (Å²) in [7, 11) is 1.67. The fraction of sp³-hybridized carbons (Fsp3) is 0.231. The number of methoxy groups -OCH3 is 1. The predicted octanol–water partition coefficient (Wildman–Crippen LogP) is 4.75. The van der Waals surface area contributed by atoms with Gasteiger partial charge in [-0.05, 0) is 61.2 Å². The lowest BCUT2D eigenvalue weighted by Gasteiger charge is -2.22. The SMILES string of the molecule is COc1cc(/C=C/c2nc3n(n2)CCC[C@H]3c2ccc(C#N)cc2)ccc1-n1cnc(C)c1. The Hall–Kier alpha value is -4.18. The van der Waals surface area contributed by atoms with E-state index in [1.165, 1.54) is 5.56 Å². The number of rotatable bonds is 5. The summed E-state index contributed by atoms with van der Waals surface area (Å²) in [6.07, 6.45) is 9.78. The summed E-state index contributed by atoms with van der Waals surface area (Å²) < 4.78 is 9.57. The Bertz CT molecular complexity index is 1360. The highest BCUT2D eigenvalue weighted by Gasteiger charge is 2.25. The van der Waals surface area contributed by atoms with E-state index in [-0.39, 0.29) is 5.92 Å². The van der Waals surface area contributed by atoms with Crippen LogP contribution in [-0.2, 0) is 6.54 Å². The summed E-state index contributed by atoms with van der Waals surface area (Å²) >= 11 is 0. The highest BCUT2D eigenvalue weighted by Crippen LogP contribution is 2.32. The quantitative estimate of drug-likeness (QED) is 0.451. The summed E-state index contributed by atoms with van der Waals surface area (Å²) in [5.41, 5.74) is 4.74. The standard InChI is InChI=1S/C26H24N6O/c1-18-16-31(17-28-18)23-11-7-19(14-24(23)33-2)8-12-25-29-26-22(4-3-13-32(26)30-25)21-9-5-20(15-27)6-10-21/h5-12,14,16-17,22H,3-4,13H2,1-2H3/b12-8+/t22-/m0/s1. The predicted molar refractivity (Wildman–Crippen MR) is 126 cm³/mol. The van der Waals surface area contributed by atoms with Gasteiger partial charge in [-0.2, -0.15) is 10.4 Å². The van der Waals surface area contributed by atoms with Crippen LogP contribution in [0, 0.1) is 18.3 Å². The highest BCUT2D eigenvalue weighted by atomic mass is 16.5. The molecule has 2 aromatic carbocycles. The van der Waals surface area contributed by atoms with Crippen LogP contribution in [-0.4, -0.2) is 31.4 Å². The van der Waals surface area contributed by atoms with Gasteiger partial charge in [0.25, 0.3) is 0 Å². The van der Waals surface area contributed by atoms with Gasteiger partial charge in [0, 0.05) is 18.7 Å². The number of hydrogen-bond acceptors (Lipinski definition) is 5. The molecule has 164 valence electrons. The first-order valence-corrected chi connectivity index (χ1v) is 11.0. The lowest BCUT2D eigenvalue weighted by molar-refractivity contribution is 0.413. The smallest absolute Gasteiger partial charge is 0.174 e. The third kappa shape index (κ3) is 4.15. The molecular weight excluding hydrogens is 412 g/mol. The first kappa shape index (κ1) is 20.7. The minimum absolute atomic E-state index is 0.194. The number of aromatic nitrogens is 5. The second kappa shape index (κ2) is 8.75. The van der Waals surface area contributed by atoms with Crippen LogP contribution >= 0.6 is 0 Å². The van der Waals surface area contributed by atoms with Crippen LogP contribution in [0.15, 0.2) is 55.0 Å². The van der Waals surface area contributed by atoms with Crippen molar-refractivity contribution in [2.24, 2.45) is 0 Å². The van der Waals surface area contributed by atoms with Crippen molar-refractivity contribution in [3.8, 4) is 17.5 Å². The molecule has 0 N–H and O–H groups in total. The van der Waals surface area contributed by atoms with Crippen molar-refractivity contribution in [3.63, 3.8) is 0 Å². The lowest BCUT2D eigenvalue weighted by atomic mass is 9.91. The number of fused-ring (bicyclic) bond motifs is 1. The number of ether oxygens (including phenoxy) is 1. The van der Waals surface area contributed by atoms with Gasteiger partial charge in [-0.25, -0.2) is 14.6 Å². The van der Waals surface area contributed by atoms with E-state index in [9.17, 15) is 0 Å². The fourth-order valence-corrected chi connectivity index (χ4v) is 4.28. The van der Waals surface area contributed by atoms with E-state index >= 15 is 0 Å². The molecular formula is C26H24N6O. The van der Waals surface area contributed by atoms with E-state index in [0.717, 1.165) is 47.9 Å². The van der Waals surface area contributed by atoms with Crippen LogP contribution in [0.25, 0.3) is 17.8 Å². The molecule has 7 heteroatoms. The number of nitriles is 1. The normalized spacial score (nSPS) is 15.4. The minimum Gasteiger partial charge on any atom is -0.495 e. The number of hydrogen-bond donors (Lipinski definition) is 0. The zero-order valence-electron chi connectivity index (χ0n) is 18.6. The molecule has 4 aromatic rings. The van der Waals surface area contributed by atoms with Crippen LogP contribution in [0.4, 0.5) is 0 Å². The van der Waals surface area contributed by atoms with Crippen molar-refractivity contribution in [2.75, 3.05) is 7.11 Å². The average molecular weight is 437 g/mol. The molecule has 5 rings (SSSR count). The zero-order chi connectivity index (χ0) is 22.8. The number of imidazole rings is 1. The van der Waals surface area contributed by atoms with E-state index in [1.807, 2.05) is 77.0 Å². The van der Waals surface area contributed by atoms with Gasteiger partial charge in [-0.15, -0.1) is 0 Å². The van der Waals surface area contributed by atoms with Crippen LogP contribution in [0.3, 0.4) is 0 Å². The number of aryl methyl sites for hydroxylation is 2. The Balaban J connectivity index is 1.40. The first-order valence-electron chi connectivity index (χ1n) is 11.0. The second-order valence-electron chi connectivity index (χ2n) is 8.17. The summed E-state index contributed by atoms with van der Waals surface area (Å²) in [4.78, 5) is 9.13. The Morgan fingerprint density at radius 2 is 2.00 bits per heavy atom. The molecule has 0 fully saturated rings. The molecule has 1 aliphatic rings. The van der Waals surface area contributed by atoms with Crippen molar-refractivity contribution >= 4 is 12.2 Å². The van der Waals surface area contributed by atoms with Crippen LogP contribution < -0.4 is 4.74 Å². The molecule has 0 aliphatic carbocycles. The average Bonchev–Trinajstić information content (AvgIpc) is 3.48. The van der Waals surface area contributed by atoms with Gasteiger partial charge in [-0.3, -0.25) is 0 Å². The third-order valence-corrected chi connectivity index (χ3v) is 5.95. The largest absolute Gasteiger partial charge is 0.495 e. The van der Waals surface area contributed by atoms with Gasteiger partial charge in [-0.1, -0.05) is 24.3 Å². The van der Waals surface area contributed by atoms with Crippen LogP contribution in [0.1, 0.15) is 52.8 Å². The van der Waals surface area contributed by atoms with Crippen molar-refractivity contribution in [2.45, 2.75) is 32.2 Å². The van der Waals surface area contributed by atoms with E-state index < -0.39 is 0 Å². The molecule has 1 aliphatic heterocycles. The molecule has 0 saturated heterocycles. The molecule has 2 aromatic heterocycles. The first-order chi connectivity index (χ1) is 16.1. The monoisotopic (exact) mass is 436 g/mol. The number of benzene rings is 2. The highest BCUT2D eigenvalue weighted by molar-refractivity contribution is 5.69. The second-order valence-corrected chi connectivity index (χ2v) is 8.17. The minimum atomic E-state index is 0.194. The Morgan fingerprint density at radius 1 is 1.15 bits per heavy atom. The molecule has 33 heavy (non-hydrogen) atoms. The zero-order valence-corrected chi connectivity index (χ0v) is 18.6. The maximum atomic E-state index is 9.06. The molecule has 3 heterocycles. The van der Waals surface area contributed by atoms with Gasteiger partial charge < -0.3 is 9.30 Å². The van der Waals surface area contributed by atoms with Gasteiger partial charge in [0.2, 0.25) is 0 Å². The maximum Gasteiger partial charge on any atom is 0.174 e. The molecule has 7 nitrogen and oxygen atoms in total. The van der Waals surface area contributed by atoms with Crippen LogP contribution in [0.5, 0.6) is 5.75 Å². The van der Waals surface area contributed by atoms with Crippen molar-refractivity contribution in [1.82, 2.24) is 24.3 Å². The van der Waals surface area contributed by atoms with Gasteiger partial charge in [0.15, 0.2) is 5.82 Å². The van der Waals surface area contributed by atoms with Crippen molar-refractivity contribution in [3.05, 3.63) is 89.0 Å². The summed E-state index contributed by atoms with van der Waals surface area (Å²) in [6.45, 7) is 2.83. The van der Waals surface area contributed by atoms with E-state index in [1.54, 1.807) is 13.4 Å². The van der Waals surface area contributed by atoms with E-state index in [0.29, 0.717) is 11.4 Å². The van der Waals surface area contributed by atoms with E-state index in [2.05, 4.69) is 11.1 Å². The molecule has 0 unspecified atom stereocenters. The van der Waals surface area contributed by atoms with Crippen molar-refractivity contribution in [1.29, 1.82) is 5.26 Å². The van der Waals surface area contributed by atoms with Crippen LogP contribution in [0.2, 0.25) is 0 Å². The Kier molecular flexibility index (Phi) is 5.49. The molecule has 0 amide bonds. The number of nitrogens with zero attached hydrogens (tertiary/aromatic N) is 6. The molecule has 0 radical (unpaired) electrons.